The van der Waals surface area contributed by atoms with E-state index in [4.69, 9.17) is 0 Å². The third-order valence-corrected chi connectivity index (χ3v) is 1.89. The van der Waals surface area contributed by atoms with Crippen molar-refractivity contribution in [1.29, 1.82) is 0 Å². The molecule has 0 rings (SSSR count). The molecule has 0 heterocycles. The Morgan fingerprint density at radius 3 is 2.50 bits per heavy atom. The van der Waals surface area contributed by atoms with Crippen LogP contribution in [0.4, 0.5) is 4.53 Å². The fourth-order valence-electron chi connectivity index (χ4n) is 0.292. The highest BCUT2D eigenvalue weighted by molar-refractivity contribution is 14.2. The van der Waals surface area contributed by atoms with Gasteiger partial charge in [-0.05, 0) is 17.4 Å². The van der Waals surface area contributed by atoms with Gasteiger partial charge in [-0.25, -0.2) is 0 Å². The summed E-state index contributed by atoms with van der Waals surface area (Å²) in [5.41, 5.74) is 0. The normalized spacial score (nSPS) is 10.5. The van der Waals surface area contributed by atoms with Crippen molar-refractivity contribution in [2.24, 2.45) is 0 Å². The molecule has 0 fully saturated rings. The summed E-state index contributed by atoms with van der Waals surface area (Å²) in [5, 5.41) is 0. The molecule has 0 radical (unpaired) electrons. The molecule has 50 valence electrons. The van der Waals surface area contributed by atoms with Crippen LogP contribution < -0.4 is 0 Å². The molecule has 0 N–H and O–H groups in total. The molecule has 0 spiro atoms. The van der Waals surface area contributed by atoms with Gasteiger partial charge < -0.3 is 0 Å². The quantitative estimate of drug-likeness (QED) is 0.433. The molecule has 0 aromatic carbocycles. The third kappa shape index (κ3) is 7.35. The number of hydrogen-bond donors (Lipinski definition) is 0. The lowest BCUT2D eigenvalue weighted by atomic mass is 10.4. The van der Waals surface area contributed by atoms with Crippen LogP contribution in [0.1, 0.15) is 12.8 Å². The van der Waals surface area contributed by atoms with E-state index >= 15 is 0 Å². The summed E-state index contributed by atoms with van der Waals surface area (Å²) in [4.78, 5) is 3.39. The van der Waals surface area contributed by atoms with E-state index in [2.05, 4.69) is 50.1 Å². The standard InChI is InChI=1S/C4H7FI2O/c5-8-3-1-2-4(6)7/h4H,1-3H2. The van der Waals surface area contributed by atoms with Gasteiger partial charge >= 0.3 is 0 Å². The van der Waals surface area contributed by atoms with Gasteiger partial charge in [-0.2, -0.15) is 4.94 Å². The van der Waals surface area contributed by atoms with E-state index in [0.29, 0.717) is 1.93 Å². The average molecular weight is 344 g/mol. The molecular weight excluding hydrogens is 337 g/mol. The Morgan fingerprint density at radius 2 is 2.12 bits per heavy atom. The van der Waals surface area contributed by atoms with Crippen molar-refractivity contribution in [3.05, 3.63) is 0 Å². The first-order valence-corrected chi connectivity index (χ1v) is 4.78. The molecule has 0 amide bonds. The Balaban J connectivity index is 2.72. The van der Waals surface area contributed by atoms with Gasteiger partial charge in [0.05, 0.1) is 8.54 Å². The maximum absolute atomic E-state index is 10.9. The second-order valence-electron chi connectivity index (χ2n) is 1.35. The Labute approximate surface area is 75.5 Å². The largest absolute Gasteiger partial charge is 0.194 e. The third-order valence-electron chi connectivity index (χ3n) is 0.644. The summed E-state index contributed by atoms with van der Waals surface area (Å²) >= 11 is 4.58. The molecule has 0 aliphatic rings. The highest BCUT2D eigenvalue weighted by atomic mass is 127. The van der Waals surface area contributed by atoms with Crippen LogP contribution in [0, 0.1) is 0 Å². The Kier molecular flexibility index (Phi) is 7.56. The van der Waals surface area contributed by atoms with Crippen molar-refractivity contribution in [2.45, 2.75) is 14.8 Å². The summed E-state index contributed by atoms with van der Waals surface area (Å²) in [6.07, 6.45) is 1.83. The highest BCUT2D eigenvalue weighted by Gasteiger charge is 1.95. The van der Waals surface area contributed by atoms with Crippen molar-refractivity contribution in [3.63, 3.8) is 0 Å². The Bertz CT molecular complexity index is 51.3. The lowest BCUT2D eigenvalue weighted by Gasteiger charge is -1.96. The molecule has 0 aromatic heterocycles. The van der Waals surface area contributed by atoms with Gasteiger partial charge in [0.25, 0.3) is 0 Å². The lowest BCUT2D eigenvalue weighted by Crippen LogP contribution is -1.89. The predicted octanol–water partition coefficient (Wildman–Crippen LogP) is 2.86. The molecule has 0 aliphatic heterocycles. The molecule has 0 unspecified atom stereocenters. The Hall–Kier alpha value is 1.35. The van der Waals surface area contributed by atoms with Crippen molar-refractivity contribution in [1.82, 2.24) is 0 Å². The summed E-state index contributed by atoms with van der Waals surface area (Å²) in [6, 6.07) is 0. The summed E-state index contributed by atoms with van der Waals surface area (Å²) in [6.45, 7) is 0.239. The van der Waals surface area contributed by atoms with Crippen molar-refractivity contribution in [3.8, 4) is 0 Å². The molecule has 0 saturated carbocycles. The molecule has 0 aromatic rings. The van der Waals surface area contributed by atoms with E-state index in [1.54, 1.807) is 0 Å². The monoisotopic (exact) mass is 344 g/mol. The Morgan fingerprint density at radius 1 is 1.50 bits per heavy atom. The van der Waals surface area contributed by atoms with Gasteiger partial charge in [0.2, 0.25) is 0 Å². The number of rotatable bonds is 4. The number of halogens is 3. The summed E-state index contributed by atoms with van der Waals surface area (Å²) in [5.74, 6) is 0. The zero-order valence-corrected chi connectivity index (χ0v) is 8.56. The van der Waals surface area contributed by atoms with Crippen molar-refractivity contribution < 1.29 is 9.47 Å². The van der Waals surface area contributed by atoms with Gasteiger partial charge in [0, 0.05) is 0 Å². The average Bonchev–Trinajstić information content (AvgIpc) is 1.66. The molecular formula is C4H7FI2O. The lowest BCUT2D eigenvalue weighted by molar-refractivity contribution is -0.132. The van der Waals surface area contributed by atoms with Crippen LogP contribution in [0.5, 0.6) is 0 Å². The van der Waals surface area contributed by atoms with Crippen LogP contribution in [-0.4, -0.2) is 8.54 Å². The van der Waals surface area contributed by atoms with E-state index in [9.17, 15) is 4.53 Å². The molecule has 0 saturated heterocycles. The van der Waals surface area contributed by atoms with Gasteiger partial charge in [0.1, 0.15) is 0 Å². The van der Waals surface area contributed by atoms with Crippen LogP contribution in [0.2, 0.25) is 0 Å². The maximum atomic E-state index is 10.9. The first kappa shape index (κ1) is 9.35. The minimum atomic E-state index is 0.239. The van der Waals surface area contributed by atoms with Crippen LogP contribution in [0.15, 0.2) is 0 Å². The van der Waals surface area contributed by atoms with E-state index < -0.39 is 0 Å². The van der Waals surface area contributed by atoms with Gasteiger partial charge in [0.15, 0.2) is 0 Å². The first-order valence-electron chi connectivity index (χ1n) is 2.29. The van der Waals surface area contributed by atoms with Gasteiger partial charge in [-0.15, -0.1) is 0 Å². The van der Waals surface area contributed by atoms with Crippen LogP contribution in [-0.2, 0) is 4.94 Å². The van der Waals surface area contributed by atoms with Crippen LogP contribution >= 0.6 is 45.2 Å². The fourth-order valence-corrected chi connectivity index (χ4v) is 1.17. The summed E-state index contributed by atoms with van der Waals surface area (Å²) < 4.78 is 11.5. The minimum Gasteiger partial charge on any atom is -0.194 e. The minimum absolute atomic E-state index is 0.239. The highest BCUT2D eigenvalue weighted by Crippen LogP contribution is 2.15. The van der Waals surface area contributed by atoms with Crippen molar-refractivity contribution >= 4 is 45.2 Å². The van der Waals surface area contributed by atoms with Crippen molar-refractivity contribution in [2.75, 3.05) is 6.61 Å². The SMILES string of the molecule is FOCCCC(I)I. The molecule has 4 heteroatoms. The first-order chi connectivity index (χ1) is 3.77. The molecule has 0 atom stereocenters. The predicted molar refractivity (Wildman–Crippen MR) is 48.1 cm³/mol. The number of alkyl halides is 2. The van der Waals surface area contributed by atoms with Gasteiger partial charge in [-0.3, -0.25) is 0 Å². The zero-order valence-electron chi connectivity index (χ0n) is 4.24. The van der Waals surface area contributed by atoms with E-state index in [-0.39, 0.29) is 6.61 Å². The zero-order chi connectivity index (χ0) is 6.41. The smallest absolute Gasteiger partial charge is 0.0876 e. The van der Waals surface area contributed by atoms with E-state index in [1.165, 1.54) is 0 Å². The number of hydrogen-bond acceptors (Lipinski definition) is 1. The molecule has 1 nitrogen and oxygen atoms in total. The molecule has 0 aliphatic carbocycles. The van der Waals surface area contributed by atoms with Crippen LogP contribution in [0.3, 0.4) is 0 Å². The fraction of sp³-hybridized carbons (Fsp3) is 1.00. The van der Waals surface area contributed by atoms with Gasteiger partial charge in [-0.1, -0.05) is 45.2 Å². The maximum Gasteiger partial charge on any atom is 0.0876 e. The van der Waals surface area contributed by atoms with E-state index in [1.807, 2.05) is 0 Å². The second kappa shape index (κ2) is 6.47. The molecule has 8 heavy (non-hydrogen) atoms. The summed E-state index contributed by atoms with van der Waals surface area (Å²) in [7, 11) is 0. The topological polar surface area (TPSA) is 9.23 Å². The second-order valence-corrected chi connectivity index (χ2v) is 6.74. The molecule has 0 bridgehead atoms. The van der Waals surface area contributed by atoms with Crippen LogP contribution in [0.25, 0.3) is 0 Å². The van der Waals surface area contributed by atoms with E-state index in [0.717, 1.165) is 12.8 Å².